The van der Waals surface area contributed by atoms with Gasteiger partial charge in [0, 0.05) is 12.1 Å². The Balaban J connectivity index is 2.00. The van der Waals surface area contributed by atoms with Gasteiger partial charge in [0.05, 0.1) is 12.7 Å². The first-order valence-electron chi connectivity index (χ1n) is 6.69. The van der Waals surface area contributed by atoms with Crippen LogP contribution in [0.1, 0.15) is 23.0 Å². The number of hydrogen-bond donors (Lipinski definition) is 1. The highest BCUT2D eigenvalue weighted by Crippen LogP contribution is 2.17. The van der Waals surface area contributed by atoms with Crippen LogP contribution in [-0.4, -0.2) is 30.2 Å². The number of halogens is 1. The third-order valence-corrected chi connectivity index (χ3v) is 2.93. The summed E-state index contributed by atoms with van der Waals surface area (Å²) in [6.07, 6.45) is -1.14. The van der Waals surface area contributed by atoms with Crippen LogP contribution >= 0.6 is 0 Å². The number of nitrogens with zero attached hydrogens (tertiary/aromatic N) is 1. The maximum absolute atomic E-state index is 13.8. The van der Waals surface area contributed by atoms with Gasteiger partial charge in [0.25, 0.3) is 5.91 Å². The Kier molecular flexibility index (Phi) is 4.95. The van der Waals surface area contributed by atoms with Gasteiger partial charge in [-0.15, -0.1) is 0 Å². The molecular formula is C15H15FN2O5. The third kappa shape index (κ3) is 4.06. The molecule has 0 saturated heterocycles. The number of esters is 1. The van der Waals surface area contributed by atoms with Crippen LogP contribution in [0.25, 0.3) is 0 Å². The van der Waals surface area contributed by atoms with Gasteiger partial charge < -0.3 is 19.3 Å². The molecule has 23 heavy (non-hydrogen) atoms. The van der Waals surface area contributed by atoms with Gasteiger partial charge in [-0.3, -0.25) is 4.79 Å². The summed E-state index contributed by atoms with van der Waals surface area (Å²) in [6, 6.07) is 5.21. The Morgan fingerprint density at radius 1 is 1.35 bits per heavy atom. The first-order chi connectivity index (χ1) is 10.9. The van der Waals surface area contributed by atoms with Crippen molar-refractivity contribution in [1.29, 1.82) is 0 Å². The van der Waals surface area contributed by atoms with E-state index >= 15 is 0 Å². The molecule has 0 spiro atoms. The molecule has 1 N–H and O–H groups in total. The van der Waals surface area contributed by atoms with E-state index in [1.165, 1.54) is 32.2 Å². The van der Waals surface area contributed by atoms with E-state index in [2.05, 4.69) is 10.5 Å². The molecule has 2 rings (SSSR count). The number of ether oxygens (including phenoxy) is 2. The monoisotopic (exact) mass is 322 g/mol. The number of aryl methyl sites for hydroxylation is 1. The van der Waals surface area contributed by atoms with Crippen molar-refractivity contribution in [2.45, 2.75) is 20.0 Å². The number of aromatic nitrogens is 1. The van der Waals surface area contributed by atoms with Crippen LogP contribution in [0.5, 0.6) is 5.75 Å². The number of rotatable bonds is 5. The second-order valence-electron chi connectivity index (χ2n) is 4.71. The van der Waals surface area contributed by atoms with Crippen molar-refractivity contribution < 1.29 is 28.0 Å². The summed E-state index contributed by atoms with van der Waals surface area (Å²) < 4.78 is 28.4. The number of nitrogens with one attached hydrogen (secondary N) is 1. The van der Waals surface area contributed by atoms with Crippen LogP contribution in [0.2, 0.25) is 0 Å². The summed E-state index contributed by atoms with van der Waals surface area (Å²) >= 11 is 0. The zero-order chi connectivity index (χ0) is 17.0. The minimum Gasteiger partial charge on any atom is -0.497 e. The molecule has 2 aromatic rings. The first-order valence-corrected chi connectivity index (χ1v) is 6.69. The molecule has 0 fully saturated rings. The Bertz CT molecular complexity index is 728. The topological polar surface area (TPSA) is 90.7 Å². The Morgan fingerprint density at radius 3 is 2.65 bits per heavy atom. The van der Waals surface area contributed by atoms with E-state index in [4.69, 9.17) is 14.0 Å². The third-order valence-electron chi connectivity index (χ3n) is 2.93. The lowest BCUT2D eigenvalue weighted by Gasteiger charge is -2.12. The standard InChI is InChI=1S/C15H15FN2O5/c1-8-6-13(18-23-8)17-14(19)9(2)22-15(20)11-5-4-10(21-3)7-12(11)16/h4-7,9H,1-3H3,(H,17,18,19)/t9-/m0/s1. The molecule has 0 aliphatic rings. The maximum Gasteiger partial charge on any atom is 0.341 e. The van der Waals surface area contributed by atoms with Crippen LogP contribution in [0.15, 0.2) is 28.8 Å². The normalized spacial score (nSPS) is 11.7. The second-order valence-corrected chi connectivity index (χ2v) is 4.71. The maximum atomic E-state index is 13.8. The van der Waals surface area contributed by atoms with Gasteiger partial charge in [0.2, 0.25) is 0 Å². The number of carbonyl (C=O) groups is 2. The Morgan fingerprint density at radius 2 is 2.09 bits per heavy atom. The van der Waals surface area contributed by atoms with Gasteiger partial charge in [-0.05, 0) is 26.0 Å². The van der Waals surface area contributed by atoms with Crippen LogP contribution in [0.3, 0.4) is 0 Å². The molecule has 122 valence electrons. The van der Waals surface area contributed by atoms with Crippen molar-refractivity contribution in [1.82, 2.24) is 5.16 Å². The summed E-state index contributed by atoms with van der Waals surface area (Å²) in [5.74, 6) is -1.37. The second kappa shape index (κ2) is 6.91. The van der Waals surface area contributed by atoms with Crippen LogP contribution in [0.4, 0.5) is 10.2 Å². The van der Waals surface area contributed by atoms with Gasteiger partial charge in [-0.1, -0.05) is 5.16 Å². The van der Waals surface area contributed by atoms with Crippen LogP contribution < -0.4 is 10.1 Å². The molecule has 8 heteroatoms. The Hall–Kier alpha value is -2.90. The molecule has 1 heterocycles. The summed E-state index contributed by atoms with van der Waals surface area (Å²) in [6.45, 7) is 3.03. The largest absolute Gasteiger partial charge is 0.497 e. The predicted octanol–water partition coefficient (Wildman–Crippen LogP) is 2.31. The molecule has 0 radical (unpaired) electrons. The number of amides is 1. The number of carbonyl (C=O) groups excluding carboxylic acids is 2. The van der Waals surface area contributed by atoms with Crippen molar-refractivity contribution >= 4 is 17.7 Å². The molecule has 0 saturated carbocycles. The van der Waals surface area contributed by atoms with E-state index in [0.717, 1.165) is 6.07 Å². The smallest absolute Gasteiger partial charge is 0.341 e. The summed E-state index contributed by atoms with van der Waals surface area (Å²) in [4.78, 5) is 23.8. The van der Waals surface area contributed by atoms with E-state index in [1.807, 2.05) is 0 Å². The molecule has 7 nitrogen and oxygen atoms in total. The number of methoxy groups -OCH3 is 1. The molecular weight excluding hydrogens is 307 g/mol. The van der Waals surface area contributed by atoms with Gasteiger partial charge >= 0.3 is 5.97 Å². The number of benzene rings is 1. The van der Waals surface area contributed by atoms with Crippen molar-refractivity contribution in [2.24, 2.45) is 0 Å². The van der Waals surface area contributed by atoms with Crippen molar-refractivity contribution in [3.8, 4) is 5.75 Å². The summed E-state index contributed by atoms with van der Waals surface area (Å²) in [7, 11) is 1.38. The molecule has 0 bridgehead atoms. The average molecular weight is 322 g/mol. The zero-order valence-electron chi connectivity index (χ0n) is 12.8. The highest BCUT2D eigenvalue weighted by atomic mass is 19.1. The van der Waals surface area contributed by atoms with Gasteiger partial charge in [-0.2, -0.15) is 0 Å². The lowest BCUT2D eigenvalue weighted by Crippen LogP contribution is -2.30. The van der Waals surface area contributed by atoms with E-state index in [-0.39, 0.29) is 17.1 Å². The molecule has 1 aromatic heterocycles. The average Bonchev–Trinajstić information content (AvgIpc) is 2.91. The van der Waals surface area contributed by atoms with E-state index in [9.17, 15) is 14.0 Å². The minimum atomic E-state index is -1.14. The highest BCUT2D eigenvalue weighted by molar-refractivity contribution is 5.96. The van der Waals surface area contributed by atoms with E-state index in [0.29, 0.717) is 5.76 Å². The van der Waals surface area contributed by atoms with Crippen molar-refractivity contribution in [2.75, 3.05) is 12.4 Å². The zero-order valence-corrected chi connectivity index (χ0v) is 12.8. The van der Waals surface area contributed by atoms with Crippen LogP contribution in [-0.2, 0) is 9.53 Å². The summed E-state index contributed by atoms with van der Waals surface area (Å²) in [5.41, 5.74) is -0.289. The van der Waals surface area contributed by atoms with Gasteiger partial charge in [0.15, 0.2) is 11.9 Å². The molecule has 1 atom stereocenters. The highest BCUT2D eigenvalue weighted by Gasteiger charge is 2.22. The first kappa shape index (κ1) is 16.5. The van der Waals surface area contributed by atoms with Gasteiger partial charge in [-0.25, -0.2) is 9.18 Å². The lowest BCUT2D eigenvalue weighted by molar-refractivity contribution is -0.123. The quantitative estimate of drug-likeness (QED) is 0.850. The SMILES string of the molecule is COc1ccc(C(=O)O[C@@H](C)C(=O)Nc2cc(C)on2)c(F)c1. The van der Waals surface area contributed by atoms with Crippen molar-refractivity contribution in [3.63, 3.8) is 0 Å². The molecule has 1 aromatic carbocycles. The molecule has 0 unspecified atom stereocenters. The van der Waals surface area contributed by atoms with Crippen molar-refractivity contribution in [3.05, 3.63) is 41.4 Å². The van der Waals surface area contributed by atoms with E-state index in [1.54, 1.807) is 6.92 Å². The fourth-order valence-electron chi connectivity index (χ4n) is 1.72. The lowest BCUT2D eigenvalue weighted by atomic mass is 10.2. The summed E-state index contributed by atoms with van der Waals surface area (Å²) in [5, 5.41) is 6.00. The fourth-order valence-corrected chi connectivity index (χ4v) is 1.72. The molecule has 0 aliphatic carbocycles. The molecule has 1 amide bonds. The predicted molar refractivity (Wildman–Crippen MR) is 77.7 cm³/mol. The van der Waals surface area contributed by atoms with Gasteiger partial charge in [0.1, 0.15) is 17.3 Å². The number of anilines is 1. The molecule has 0 aliphatic heterocycles. The fraction of sp³-hybridized carbons (Fsp3) is 0.267. The Labute approximate surface area is 131 Å². The van der Waals surface area contributed by atoms with Crippen LogP contribution in [0, 0.1) is 12.7 Å². The minimum absolute atomic E-state index is 0.200. The number of hydrogen-bond acceptors (Lipinski definition) is 6. The van der Waals surface area contributed by atoms with E-state index < -0.39 is 23.8 Å².